The summed E-state index contributed by atoms with van der Waals surface area (Å²) in [7, 11) is 0. The van der Waals surface area contributed by atoms with Crippen LogP contribution in [0.4, 0.5) is 0 Å². The van der Waals surface area contributed by atoms with Gasteiger partial charge in [-0.05, 0) is 29.8 Å². The molecular formula is C19H22ClN3O2. The van der Waals surface area contributed by atoms with Crippen molar-refractivity contribution in [3.8, 4) is 0 Å². The molecule has 0 radical (unpaired) electrons. The van der Waals surface area contributed by atoms with E-state index in [2.05, 4.69) is 0 Å². The molecule has 0 saturated carbocycles. The molecule has 0 spiro atoms. The van der Waals surface area contributed by atoms with Gasteiger partial charge in [0, 0.05) is 43.9 Å². The van der Waals surface area contributed by atoms with E-state index in [9.17, 15) is 9.59 Å². The van der Waals surface area contributed by atoms with Gasteiger partial charge in [-0.25, -0.2) is 0 Å². The van der Waals surface area contributed by atoms with E-state index in [1.165, 1.54) is 0 Å². The first-order valence-corrected chi connectivity index (χ1v) is 8.11. The van der Waals surface area contributed by atoms with Crippen LogP contribution in [0.2, 0.25) is 0 Å². The highest BCUT2D eigenvalue weighted by atomic mass is 35.5. The van der Waals surface area contributed by atoms with Crippen LogP contribution in [0, 0.1) is 0 Å². The fraction of sp³-hybridized carbons (Fsp3) is 0.263. The number of amides is 2. The summed E-state index contributed by atoms with van der Waals surface area (Å²) >= 11 is 0. The van der Waals surface area contributed by atoms with Gasteiger partial charge in [-0.2, -0.15) is 0 Å². The molecule has 0 aromatic heterocycles. The summed E-state index contributed by atoms with van der Waals surface area (Å²) in [5.41, 5.74) is 7.93. The van der Waals surface area contributed by atoms with Crippen LogP contribution in [0.3, 0.4) is 0 Å². The largest absolute Gasteiger partial charge is 0.335 e. The lowest BCUT2D eigenvalue weighted by atomic mass is 10.1. The standard InChI is InChI=1S/C19H21N3O2.ClH/c20-14-15-6-8-17(9-7-15)19(24)22-12-10-21(11-13-22)18(23)16-4-2-1-3-5-16;/h1-9H,10-14,20H2;1H. The predicted molar refractivity (Wildman–Crippen MR) is 99.8 cm³/mol. The topological polar surface area (TPSA) is 66.6 Å². The first-order valence-electron chi connectivity index (χ1n) is 8.11. The predicted octanol–water partition coefficient (Wildman–Crippen LogP) is 2.17. The van der Waals surface area contributed by atoms with Crippen LogP contribution in [0.5, 0.6) is 0 Å². The van der Waals surface area contributed by atoms with Crippen molar-refractivity contribution >= 4 is 24.2 Å². The third-order valence-electron chi connectivity index (χ3n) is 4.31. The molecule has 1 heterocycles. The Hall–Kier alpha value is -2.37. The number of halogens is 1. The van der Waals surface area contributed by atoms with Crippen LogP contribution in [0.1, 0.15) is 26.3 Å². The average Bonchev–Trinajstić information content (AvgIpc) is 2.68. The fourth-order valence-corrected chi connectivity index (χ4v) is 2.84. The maximum atomic E-state index is 12.5. The van der Waals surface area contributed by atoms with Gasteiger partial charge in [-0.1, -0.05) is 30.3 Å². The third-order valence-corrected chi connectivity index (χ3v) is 4.31. The fourth-order valence-electron chi connectivity index (χ4n) is 2.84. The van der Waals surface area contributed by atoms with E-state index in [-0.39, 0.29) is 24.2 Å². The molecule has 2 aromatic rings. The zero-order chi connectivity index (χ0) is 16.9. The van der Waals surface area contributed by atoms with Crippen molar-refractivity contribution in [2.75, 3.05) is 26.2 Å². The quantitative estimate of drug-likeness (QED) is 0.913. The summed E-state index contributed by atoms with van der Waals surface area (Å²) < 4.78 is 0. The molecule has 3 rings (SSSR count). The first-order chi connectivity index (χ1) is 11.7. The molecule has 0 aliphatic carbocycles. The number of rotatable bonds is 3. The maximum Gasteiger partial charge on any atom is 0.253 e. The van der Waals surface area contributed by atoms with Gasteiger partial charge in [-0.3, -0.25) is 9.59 Å². The molecule has 1 aliphatic heterocycles. The van der Waals surface area contributed by atoms with E-state index in [4.69, 9.17) is 5.73 Å². The Kier molecular flexibility index (Phi) is 6.56. The van der Waals surface area contributed by atoms with Gasteiger partial charge in [0.05, 0.1) is 0 Å². The van der Waals surface area contributed by atoms with Crippen LogP contribution in [-0.2, 0) is 6.54 Å². The van der Waals surface area contributed by atoms with Crippen molar-refractivity contribution < 1.29 is 9.59 Å². The van der Waals surface area contributed by atoms with Gasteiger partial charge >= 0.3 is 0 Å². The third kappa shape index (κ3) is 4.38. The van der Waals surface area contributed by atoms with Crippen LogP contribution in [0.15, 0.2) is 54.6 Å². The number of benzene rings is 2. The molecule has 1 fully saturated rings. The molecule has 132 valence electrons. The molecule has 25 heavy (non-hydrogen) atoms. The summed E-state index contributed by atoms with van der Waals surface area (Å²) in [6.45, 7) is 2.68. The van der Waals surface area contributed by atoms with Crippen LogP contribution >= 0.6 is 12.4 Å². The van der Waals surface area contributed by atoms with Crippen molar-refractivity contribution in [3.63, 3.8) is 0 Å². The Balaban J connectivity index is 0.00000225. The Bertz CT molecular complexity index is 711. The summed E-state index contributed by atoms with van der Waals surface area (Å²) in [6.07, 6.45) is 0. The molecule has 0 bridgehead atoms. The highest BCUT2D eigenvalue weighted by Gasteiger charge is 2.25. The number of nitrogens with two attached hydrogens (primary N) is 1. The molecule has 1 aliphatic rings. The summed E-state index contributed by atoms with van der Waals surface area (Å²) in [5, 5.41) is 0. The number of nitrogens with zero attached hydrogens (tertiary/aromatic N) is 2. The summed E-state index contributed by atoms with van der Waals surface area (Å²) in [5.74, 6) is 0.0281. The maximum absolute atomic E-state index is 12.5. The SMILES string of the molecule is Cl.NCc1ccc(C(=O)N2CCN(C(=O)c3ccccc3)CC2)cc1. The molecule has 2 N–H and O–H groups in total. The van der Waals surface area contributed by atoms with Crippen molar-refractivity contribution in [1.82, 2.24) is 9.80 Å². The van der Waals surface area contributed by atoms with Crippen molar-refractivity contribution in [1.29, 1.82) is 0 Å². The zero-order valence-corrected chi connectivity index (χ0v) is 14.7. The Morgan fingerprint density at radius 3 is 1.64 bits per heavy atom. The van der Waals surface area contributed by atoms with E-state index in [0.29, 0.717) is 43.9 Å². The molecule has 2 amide bonds. The Labute approximate surface area is 153 Å². The lowest BCUT2D eigenvalue weighted by Gasteiger charge is -2.35. The van der Waals surface area contributed by atoms with Crippen LogP contribution in [-0.4, -0.2) is 47.8 Å². The van der Waals surface area contributed by atoms with E-state index >= 15 is 0 Å². The van der Waals surface area contributed by atoms with Gasteiger partial charge < -0.3 is 15.5 Å². The molecule has 5 nitrogen and oxygen atoms in total. The summed E-state index contributed by atoms with van der Waals surface area (Å²) in [4.78, 5) is 28.6. The van der Waals surface area contributed by atoms with E-state index < -0.39 is 0 Å². The molecule has 2 aromatic carbocycles. The molecule has 1 saturated heterocycles. The Morgan fingerprint density at radius 1 is 0.760 bits per heavy atom. The summed E-state index contributed by atoms with van der Waals surface area (Å²) in [6, 6.07) is 16.6. The van der Waals surface area contributed by atoms with E-state index in [1.807, 2.05) is 54.6 Å². The number of hydrogen-bond acceptors (Lipinski definition) is 3. The monoisotopic (exact) mass is 359 g/mol. The zero-order valence-electron chi connectivity index (χ0n) is 13.9. The highest BCUT2D eigenvalue weighted by Crippen LogP contribution is 2.12. The number of piperazine rings is 1. The number of hydrogen-bond donors (Lipinski definition) is 1. The van der Waals surface area contributed by atoms with E-state index in [1.54, 1.807) is 9.80 Å². The highest BCUT2D eigenvalue weighted by molar-refractivity contribution is 5.96. The van der Waals surface area contributed by atoms with Crippen LogP contribution in [0.25, 0.3) is 0 Å². The smallest absolute Gasteiger partial charge is 0.253 e. The van der Waals surface area contributed by atoms with Crippen molar-refractivity contribution in [2.45, 2.75) is 6.54 Å². The van der Waals surface area contributed by atoms with Crippen LogP contribution < -0.4 is 5.73 Å². The molecule has 6 heteroatoms. The second-order valence-corrected chi connectivity index (χ2v) is 5.85. The van der Waals surface area contributed by atoms with Gasteiger partial charge in [0.15, 0.2) is 0 Å². The number of carbonyl (C=O) groups excluding carboxylic acids is 2. The normalized spacial score (nSPS) is 14.0. The van der Waals surface area contributed by atoms with Gasteiger partial charge in [0.2, 0.25) is 0 Å². The minimum atomic E-state index is 0. The lowest BCUT2D eigenvalue weighted by molar-refractivity contribution is 0.0535. The number of carbonyl (C=O) groups is 2. The molecule has 0 unspecified atom stereocenters. The van der Waals surface area contributed by atoms with Crippen molar-refractivity contribution in [3.05, 3.63) is 71.3 Å². The average molecular weight is 360 g/mol. The second kappa shape index (κ2) is 8.65. The van der Waals surface area contributed by atoms with Crippen molar-refractivity contribution in [2.24, 2.45) is 5.73 Å². The van der Waals surface area contributed by atoms with Gasteiger partial charge in [0.25, 0.3) is 11.8 Å². The Morgan fingerprint density at radius 2 is 1.20 bits per heavy atom. The van der Waals surface area contributed by atoms with Gasteiger partial charge in [0.1, 0.15) is 0 Å². The lowest BCUT2D eigenvalue weighted by Crippen LogP contribution is -2.50. The first kappa shape index (κ1) is 19.0. The second-order valence-electron chi connectivity index (χ2n) is 5.85. The molecular weight excluding hydrogens is 338 g/mol. The molecule has 0 atom stereocenters. The van der Waals surface area contributed by atoms with E-state index in [0.717, 1.165) is 5.56 Å². The minimum Gasteiger partial charge on any atom is -0.335 e. The van der Waals surface area contributed by atoms with Gasteiger partial charge in [-0.15, -0.1) is 12.4 Å². The minimum absolute atomic E-state index is 0.